The van der Waals surface area contributed by atoms with Crippen LogP contribution in [0.5, 0.6) is 0 Å². The largest absolute Gasteiger partial charge is 0.456 e. The zero-order valence-corrected chi connectivity index (χ0v) is 22.8. The van der Waals surface area contributed by atoms with Gasteiger partial charge < -0.3 is 8.83 Å². The number of para-hydroxylation sites is 1. The maximum atomic E-state index is 7.47. The van der Waals surface area contributed by atoms with Gasteiger partial charge in [0.25, 0.3) is 0 Å². The number of nitrogens with zero attached hydrogens (tertiary/aromatic N) is 2. The quantitative estimate of drug-likeness (QED) is 0.176. The van der Waals surface area contributed by atoms with Crippen molar-refractivity contribution >= 4 is 60.3 Å². The van der Waals surface area contributed by atoms with Gasteiger partial charge in [-0.3, -0.25) is 0 Å². The van der Waals surface area contributed by atoms with Crippen molar-refractivity contribution < 1.29 is 13.4 Å². The number of pyridine rings is 1. The minimum Gasteiger partial charge on any atom is -0.456 e. The molecule has 0 aliphatic carbocycles. The zero-order valence-electron chi connectivity index (χ0n) is 22.8. The van der Waals surface area contributed by atoms with Crippen LogP contribution >= 0.6 is 0 Å². The summed E-state index contributed by atoms with van der Waals surface area (Å²) in [6.45, 7) is 16.3. The third kappa shape index (κ3) is 3.40. The monoisotopic (exact) mass is 509 g/mol. The molecule has 0 saturated heterocycles. The molecule has 190 valence electrons. The van der Waals surface area contributed by atoms with Crippen molar-refractivity contribution in [2.45, 2.75) is 34.1 Å². The second kappa shape index (κ2) is 8.44. The van der Waals surface area contributed by atoms with E-state index in [1.165, 1.54) is 16.8 Å². The third-order valence-corrected chi connectivity index (χ3v) is 8.17. The number of aryl methyl sites for hydroxylation is 1. The van der Waals surface area contributed by atoms with E-state index in [-0.39, 0.29) is 0 Å². The van der Waals surface area contributed by atoms with Crippen LogP contribution in [0.25, 0.3) is 70.8 Å². The zero-order chi connectivity index (χ0) is 27.0. The molecule has 4 nitrogen and oxygen atoms in total. The summed E-state index contributed by atoms with van der Waals surface area (Å²) in [5.41, 5.74) is 9.89. The number of rotatable bonds is 3. The number of benzene rings is 4. The summed E-state index contributed by atoms with van der Waals surface area (Å²) < 4.78 is 15.5. The number of fused-ring (bicyclic) bond motifs is 8. The molecule has 0 atom stereocenters. The van der Waals surface area contributed by atoms with Crippen molar-refractivity contribution in [1.29, 1.82) is 0 Å². The molecule has 0 amide bonds. The highest BCUT2D eigenvalue weighted by molar-refractivity contribution is 6.18. The molecule has 0 N–H and O–H groups in total. The maximum absolute atomic E-state index is 7.47. The molecule has 0 aliphatic heterocycles. The van der Waals surface area contributed by atoms with Crippen LogP contribution in [0.15, 0.2) is 75.6 Å². The van der Waals surface area contributed by atoms with E-state index in [1.54, 1.807) is 0 Å². The summed E-state index contributed by atoms with van der Waals surface area (Å²) in [5, 5.41) is 6.63. The fourth-order valence-electron chi connectivity index (χ4n) is 6.14. The maximum Gasteiger partial charge on any atom is 0.224 e. The first-order chi connectivity index (χ1) is 18.9. The van der Waals surface area contributed by atoms with E-state index in [9.17, 15) is 0 Å². The van der Waals surface area contributed by atoms with Gasteiger partial charge in [-0.25, -0.2) is 4.85 Å². The first kappa shape index (κ1) is 23.5. The van der Waals surface area contributed by atoms with Crippen LogP contribution in [-0.4, -0.2) is 0 Å². The Morgan fingerprint density at radius 3 is 2.26 bits per heavy atom. The van der Waals surface area contributed by atoms with Crippen LogP contribution in [0, 0.1) is 26.3 Å². The molecule has 3 aromatic heterocycles. The van der Waals surface area contributed by atoms with Gasteiger partial charge in [0.15, 0.2) is 11.4 Å². The molecule has 39 heavy (non-hydrogen) atoms. The summed E-state index contributed by atoms with van der Waals surface area (Å²) in [6, 6.07) is 23.0. The van der Waals surface area contributed by atoms with Crippen LogP contribution in [0.4, 0.5) is 5.69 Å². The van der Waals surface area contributed by atoms with Gasteiger partial charge in [0.05, 0.1) is 17.5 Å². The molecule has 4 aromatic carbocycles. The number of hydrogen-bond donors (Lipinski definition) is 0. The first-order valence-electron chi connectivity index (χ1n) is 13.5. The summed E-state index contributed by atoms with van der Waals surface area (Å²) in [4.78, 5) is 3.62. The van der Waals surface area contributed by atoms with Gasteiger partial charge in [0.2, 0.25) is 5.69 Å². The Bertz CT molecular complexity index is 2170. The van der Waals surface area contributed by atoms with Crippen molar-refractivity contribution in [2.24, 2.45) is 13.0 Å². The van der Waals surface area contributed by atoms with Crippen molar-refractivity contribution in [3.63, 3.8) is 0 Å². The second-order valence-corrected chi connectivity index (χ2v) is 11.1. The molecule has 0 radical (unpaired) electrons. The molecule has 0 unspecified atom stereocenters. The standard InChI is InChI=1S/C35H29N2O2/c1-19(2)15-23-18-29-26(13-14-27-24-9-7-8-10-30(24)38-34(27)29)33(37(23)6)32-21(4)20(3)16-28-25-12-11-22(36-5)17-31(25)39-35(28)32/h7-14,16-19H,15H2,1-4,6H3/q+1. The molecule has 0 bridgehead atoms. The minimum absolute atomic E-state index is 0.494. The number of hydrogen-bond acceptors (Lipinski definition) is 2. The average molecular weight is 510 g/mol. The van der Waals surface area contributed by atoms with Gasteiger partial charge >= 0.3 is 0 Å². The van der Waals surface area contributed by atoms with Crippen molar-refractivity contribution in [2.75, 3.05) is 0 Å². The van der Waals surface area contributed by atoms with Gasteiger partial charge in [0, 0.05) is 39.4 Å². The molecule has 4 heteroatoms. The average Bonchev–Trinajstić information content (AvgIpc) is 3.48. The smallest absolute Gasteiger partial charge is 0.224 e. The van der Waals surface area contributed by atoms with Crippen LogP contribution in [0.3, 0.4) is 0 Å². The van der Waals surface area contributed by atoms with E-state index in [0.717, 1.165) is 72.3 Å². The first-order valence-corrected chi connectivity index (χ1v) is 13.5. The van der Waals surface area contributed by atoms with Crippen molar-refractivity contribution in [3.8, 4) is 11.3 Å². The van der Waals surface area contributed by atoms with Gasteiger partial charge in [0.1, 0.15) is 29.4 Å². The third-order valence-electron chi connectivity index (χ3n) is 8.17. The molecule has 0 spiro atoms. The van der Waals surface area contributed by atoms with E-state index in [2.05, 4.69) is 80.6 Å². The molecule has 3 heterocycles. The molecule has 0 aliphatic rings. The van der Waals surface area contributed by atoms with Gasteiger partial charge in [-0.2, -0.15) is 4.57 Å². The lowest BCUT2D eigenvalue weighted by Crippen LogP contribution is -2.37. The van der Waals surface area contributed by atoms with Crippen LogP contribution in [-0.2, 0) is 13.5 Å². The predicted octanol–water partition coefficient (Wildman–Crippen LogP) is 9.50. The number of aromatic nitrogens is 1. The molecule has 7 aromatic rings. The van der Waals surface area contributed by atoms with Gasteiger partial charge in [-0.15, -0.1) is 0 Å². The molecular weight excluding hydrogens is 480 g/mol. The Morgan fingerprint density at radius 1 is 0.769 bits per heavy atom. The van der Waals surface area contributed by atoms with Gasteiger partial charge in [-0.05, 0) is 61.2 Å². The highest BCUT2D eigenvalue weighted by atomic mass is 16.3. The highest BCUT2D eigenvalue weighted by Crippen LogP contribution is 2.43. The van der Waals surface area contributed by atoms with Crippen molar-refractivity contribution in [3.05, 3.63) is 95.0 Å². The topological polar surface area (TPSA) is 34.5 Å². The number of furan rings is 2. The Morgan fingerprint density at radius 2 is 1.46 bits per heavy atom. The molecule has 0 fully saturated rings. The molecule has 0 saturated carbocycles. The molecule has 7 rings (SSSR count). The highest BCUT2D eigenvalue weighted by Gasteiger charge is 2.28. The SMILES string of the molecule is [C-]#[N+]c1ccc2c(c1)oc1c(-c3c4ccc5c6ccccc6oc5c4cc(CC(C)C)[n+]3C)c(C)c(C)cc12. The normalized spacial score (nSPS) is 12.0. The van der Waals surface area contributed by atoms with E-state index in [4.69, 9.17) is 15.4 Å². The van der Waals surface area contributed by atoms with Crippen LogP contribution in [0.1, 0.15) is 30.7 Å². The lowest BCUT2D eigenvalue weighted by Gasteiger charge is -2.14. The second-order valence-electron chi connectivity index (χ2n) is 11.1. The molecular formula is C35H29N2O2+. The fourth-order valence-corrected chi connectivity index (χ4v) is 6.14. The summed E-state index contributed by atoms with van der Waals surface area (Å²) in [7, 11) is 2.17. The predicted molar refractivity (Wildman–Crippen MR) is 159 cm³/mol. The van der Waals surface area contributed by atoms with Crippen molar-refractivity contribution in [1.82, 2.24) is 0 Å². The lowest BCUT2D eigenvalue weighted by molar-refractivity contribution is -0.667. The summed E-state index contributed by atoms with van der Waals surface area (Å²) >= 11 is 0. The van der Waals surface area contributed by atoms with Gasteiger partial charge in [-0.1, -0.05) is 44.2 Å². The minimum atomic E-state index is 0.494. The Labute approximate surface area is 226 Å². The summed E-state index contributed by atoms with van der Waals surface area (Å²) in [6.07, 6.45) is 0.943. The Balaban J connectivity index is 1.67. The Hall–Kier alpha value is -4.62. The van der Waals surface area contributed by atoms with E-state index in [1.807, 2.05) is 30.3 Å². The van der Waals surface area contributed by atoms with E-state index in [0.29, 0.717) is 11.6 Å². The van der Waals surface area contributed by atoms with Crippen LogP contribution in [0.2, 0.25) is 0 Å². The lowest BCUT2D eigenvalue weighted by atomic mass is 9.92. The fraction of sp³-hybridized carbons (Fsp3) is 0.200. The summed E-state index contributed by atoms with van der Waals surface area (Å²) in [5.74, 6) is 0.494. The van der Waals surface area contributed by atoms with Crippen LogP contribution < -0.4 is 4.57 Å². The Kier molecular flexibility index (Phi) is 5.09. The van der Waals surface area contributed by atoms with E-state index >= 15 is 0 Å². The van der Waals surface area contributed by atoms with E-state index < -0.39 is 0 Å².